The monoisotopic (exact) mass is 557 g/mol. The van der Waals surface area contributed by atoms with E-state index < -0.39 is 0 Å². The number of benzene rings is 1. The normalized spacial score (nSPS) is 16.2. The van der Waals surface area contributed by atoms with Gasteiger partial charge in [-0.25, -0.2) is 9.37 Å². The van der Waals surface area contributed by atoms with Gasteiger partial charge in [0.1, 0.15) is 11.6 Å². The van der Waals surface area contributed by atoms with Crippen LogP contribution in [0.5, 0.6) is 0 Å². The lowest BCUT2D eigenvalue weighted by Gasteiger charge is -2.32. The average molecular weight is 559 g/mol. The molecule has 0 unspecified atom stereocenters. The first-order valence-electron chi connectivity index (χ1n) is 11.2. The fraction of sp³-hybridized carbons (Fsp3) is 0.375. The van der Waals surface area contributed by atoms with Gasteiger partial charge in [-0.3, -0.25) is 9.78 Å². The van der Waals surface area contributed by atoms with E-state index in [4.69, 9.17) is 11.6 Å². The van der Waals surface area contributed by atoms with Crippen molar-refractivity contribution in [2.45, 2.75) is 36.7 Å². The second-order valence-electron chi connectivity index (χ2n) is 8.48. The number of pyridine rings is 2. The Kier molecular flexibility index (Phi) is 9.98. The van der Waals surface area contributed by atoms with Crippen molar-refractivity contribution in [3.8, 4) is 0 Å². The van der Waals surface area contributed by atoms with E-state index >= 15 is 0 Å². The molecule has 5 rings (SSSR count). The van der Waals surface area contributed by atoms with E-state index in [0.29, 0.717) is 29.2 Å². The van der Waals surface area contributed by atoms with Crippen molar-refractivity contribution in [1.82, 2.24) is 20.2 Å². The van der Waals surface area contributed by atoms with Crippen LogP contribution in [0, 0.1) is 5.82 Å². The lowest BCUT2D eigenvalue weighted by atomic mass is 10.0. The van der Waals surface area contributed by atoms with Gasteiger partial charge in [0.25, 0.3) is 0 Å². The number of hydrogen-bond acceptors (Lipinski definition) is 6. The number of carbonyl (C=O) groups is 1. The van der Waals surface area contributed by atoms with Crippen LogP contribution in [0.3, 0.4) is 0 Å². The minimum absolute atomic E-state index is 0. The molecule has 3 aromatic rings. The topological polar surface area (TPSA) is 70.2 Å². The molecule has 6 nitrogen and oxygen atoms in total. The number of anilines is 1. The molecule has 0 bridgehead atoms. The molecular weight excluding hydrogens is 532 g/mol. The van der Waals surface area contributed by atoms with Crippen LogP contribution in [0.4, 0.5) is 10.2 Å². The lowest BCUT2D eigenvalue weighted by Crippen LogP contribution is -2.43. The molecule has 0 saturated carbocycles. The van der Waals surface area contributed by atoms with Gasteiger partial charge >= 0.3 is 0 Å². The minimum atomic E-state index is -0.269. The number of halogens is 4. The predicted octanol–water partition coefficient (Wildman–Crippen LogP) is 5.11. The summed E-state index contributed by atoms with van der Waals surface area (Å²) in [5.41, 5.74) is 2.67. The summed E-state index contributed by atoms with van der Waals surface area (Å²) in [5.74, 6) is 0.858. The SMILES string of the molecule is Cl.Cl.O=C1CSc2ccc(CNC3CCN(CCc4c(Cl)cnc5ccc(F)cc45)CC3)nc2N1. The largest absolute Gasteiger partial charge is 0.309 e. The van der Waals surface area contributed by atoms with Gasteiger partial charge < -0.3 is 15.5 Å². The standard InChI is InChI=1S/C24H25ClFN5OS.2ClH/c25-20-13-28-21-3-1-15(26)11-19(21)18(20)7-10-31-8-5-16(6-9-31)27-12-17-2-4-22-24(29-17)30-23(32)14-33-22;;/h1-4,11,13,16,27H,5-10,12,14H2,(H,29,30,32);2*1H. The van der Waals surface area contributed by atoms with Crippen LogP contribution in [0.15, 0.2) is 41.4 Å². The molecule has 2 N–H and O–H groups in total. The Morgan fingerprint density at radius 1 is 1.20 bits per heavy atom. The third-order valence-electron chi connectivity index (χ3n) is 6.26. The quantitative estimate of drug-likeness (QED) is 0.438. The summed E-state index contributed by atoms with van der Waals surface area (Å²) in [5, 5.41) is 7.85. The number of likely N-dealkylation sites (tertiary alicyclic amines) is 1. The summed E-state index contributed by atoms with van der Waals surface area (Å²) in [6, 6.07) is 9.15. The number of piperidine rings is 1. The van der Waals surface area contributed by atoms with Gasteiger partial charge in [-0.05, 0) is 68.2 Å². The van der Waals surface area contributed by atoms with Crippen molar-refractivity contribution in [2.75, 3.05) is 30.7 Å². The molecule has 11 heteroatoms. The van der Waals surface area contributed by atoms with Crippen LogP contribution in [-0.2, 0) is 17.8 Å². The molecule has 2 aliphatic rings. The van der Waals surface area contributed by atoms with Gasteiger partial charge in [-0.2, -0.15) is 0 Å². The fourth-order valence-electron chi connectivity index (χ4n) is 4.43. The fourth-order valence-corrected chi connectivity index (χ4v) is 5.43. The first-order valence-corrected chi connectivity index (χ1v) is 12.5. The predicted molar refractivity (Wildman–Crippen MR) is 145 cm³/mol. The maximum Gasteiger partial charge on any atom is 0.235 e. The highest BCUT2D eigenvalue weighted by molar-refractivity contribution is 8.00. The molecule has 4 heterocycles. The summed E-state index contributed by atoms with van der Waals surface area (Å²) in [6.45, 7) is 3.56. The van der Waals surface area contributed by atoms with E-state index in [0.717, 1.165) is 66.0 Å². The Balaban J connectivity index is 0.00000171. The van der Waals surface area contributed by atoms with Crippen molar-refractivity contribution >= 4 is 70.8 Å². The number of thioether (sulfide) groups is 1. The molecule has 1 amide bonds. The van der Waals surface area contributed by atoms with Gasteiger partial charge in [0.15, 0.2) is 0 Å². The maximum absolute atomic E-state index is 13.8. The number of aromatic nitrogens is 2. The summed E-state index contributed by atoms with van der Waals surface area (Å²) < 4.78 is 13.8. The van der Waals surface area contributed by atoms with Crippen LogP contribution in [0.1, 0.15) is 24.1 Å². The summed E-state index contributed by atoms with van der Waals surface area (Å²) in [4.78, 5) is 24.0. The van der Waals surface area contributed by atoms with Crippen LogP contribution >= 0.6 is 48.2 Å². The molecule has 35 heavy (non-hydrogen) atoms. The maximum atomic E-state index is 13.8. The van der Waals surface area contributed by atoms with E-state index in [2.05, 4.69) is 25.5 Å². The number of nitrogens with zero attached hydrogens (tertiary/aromatic N) is 3. The van der Waals surface area contributed by atoms with Crippen molar-refractivity contribution in [3.05, 3.63) is 58.6 Å². The van der Waals surface area contributed by atoms with Crippen LogP contribution in [0.25, 0.3) is 10.9 Å². The molecule has 0 spiro atoms. The molecule has 1 fully saturated rings. The smallest absolute Gasteiger partial charge is 0.235 e. The van der Waals surface area contributed by atoms with E-state index in [1.807, 2.05) is 12.1 Å². The third-order valence-corrected chi connectivity index (χ3v) is 7.63. The Hall–Kier alpha value is -1.68. The zero-order chi connectivity index (χ0) is 22.8. The first-order chi connectivity index (χ1) is 16.0. The number of amides is 1. The van der Waals surface area contributed by atoms with Gasteiger partial charge in [0.05, 0.1) is 26.9 Å². The molecule has 1 aromatic carbocycles. The molecule has 188 valence electrons. The van der Waals surface area contributed by atoms with Crippen LogP contribution in [0.2, 0.25) is 5.02 Å². The van der Waals surface area contributed by atoms with Crippen molar-refractivity contribution in [3.63, 3.8) is 0 Å². The number of carbonyl (C=O) groups excluding carboxylic acids is 1. The molecule has 2 aliphatic heterocycles. The molecule has 2 aromatic heterocycles. The molecule has 0 radical (unpaired) electrons. The van der Waals surface area contributed by atoms with E-state index in [1.165, 1.54) is 23.9 Å². The lowest BCUT2D eigenvalue weighted by molar-refractivity contribution is -0.113. The Labute approximate surface area is 225 Å². The second kappa shape index (κ2) is 12.5. The summed E-state index contributed by atoms with van der Waals surface area (Å²) >= 11 is 7.93. The van der Waals surface area contributed by atoms with E-state index in [1.54, 1.807) is 12.3 Å². The van der Waals surface area contributed by atoms with Gasteiger partial charge in [-0.1, -0.05) is 11.6 Å². The molecular formula is C24H27Cl3FN5OS. The number of hydrogen-bond donors (Lipinski definition) is 2. The summed E-state index contributed by atoms with van der Waals surface area (Å²) in [7, 11) is 0. The Bertz CT molecular complexity index is 1190. The second-order valence-corrected chi connectivity index (χ2v) is 9.90. The van der Waals surface area contributed by atoms with E-state index in [9.17, 15) is 9.18 Å². The number of rotatable bonds is 6. The Morgan fingerprint density at radius 3 is 2.80 bits per heavy atom. The average Bonchev–Trinajstić information content (AvgIpc) is 2.82. The first kappa shape index (κ1) is 27.9. The van der Waals surface area contributed by atoms with Gasteiger partial charge in [0.2, 0.25) is 5.91 Å². The number of nitrogens with one attached hydrogen (secondary N) is 2. The highest BCUT2D eigenvalue weighted by Crippen LogP contribution is 2.30. The minimum Gasteiger partial charge on any atom is -0.309 e. The van der Waals surface area contributed by atoms with Gasteiger partial charge in [-0.15, -0.1) is 36.6 Å². The highest BCUT2D eigenvalue weighted by atomic mass is 35.5. The molecule has 1 saturated heterocycles. The van der Waals surface area contributed by atoms with Crippen LogP contribution < -0.4 is 10.6 Å². The van der Waals surface area contributed by atoms with E-state index in [-0.39, 0.29) is 36.5 Å². The van der Waals surface area contributed by atoms with Crippen molar-refractivity contribution in [1.29, 1.82) is 0 Å². The molecule has 0 atom stereocenters. The zero-order valence-electron chi connectivity index (χ0n) is 18.9. The summed E-state index contributed by atoms with van der Waals surface area (Å²) in [6.07, 6.45) is 4.53. The molecule has 0 aliphatic carbocycles. The van der Waals surface area contributed by atoms with Crippen molar-refractivity contribution < 1.29 is 9.18 Å². The Morgan fingerprint density at radius 2 is 2.00 bits per heavy atom. The van der Waals surface area contributed by atoms with Crippen molar-refractivity contribution in [2.24, 2.45) is 0 Å². The zero-order valence-corrected chi connectivity index (χ0v) is 22.1. The van der Waals surface area contributed by atoms with Gasteiger partial charge in [0, 0.05) is 30.7 Å². The highest BCUT2D eigenvalue weighted by Gasteiger charge is 2.21. The third kappa shape index (κ3) is 6.76. The number of fused-ring (bicyclic) bond motifs is 2. The van der Waals surface area contributed by atoms with Crippen LogP contribution in [-0.4, -0.2) is 52.2 Å².